The molecule has 0 bridgehead atoms. The number of anilines is 4. The van der Waals surface area contributed by atoms with Gasteiger partial charge in [-0.05, 0) is 61.3 Å². The van der Waals surface area contributed by atoms with Gasteiger partial charge in [0, 0.05) is 55.9 Å². The van der Waals surface area contributed by atoms with E-state index >= 15 is 0 Å². The molecule has 220 valence electrons. The minimum atomic E-state index is -3.66. The van der Waals surface area contributed by atoms with Crippen LogP contribution in [0.4, 0.5) is 23.1 Å². The first-order valence-corrected chi connectivity index (χ1v) is 15.7. The van der Waals surface area contributed by atoms with E-state index in [1.54, 1.807) is 37.7 Å². The number of pyridine rings is 1. The Hall–Kier alpha value is -4.52. The van der Waals surface area contributed by atoms with Gasteiger partial charge in [0.05, 0.1) is 23.9 Å². The van der Waals surface area contributed by atoms with Crippen molar-refractivity contribution < 1.29 is 13.2 Å². The highest BCUT2D eigenvalue weighted by molar-refractivity contribution is 7.89. The van der Waals surface area contributed by atoms with Crippen molar-refractivity contribution in [3.63, 3.8) is 0 Å². The standard InChI is InChI=1S/C31H32N8O3S/c1-38-14-10-20-16-26(42-2)25(15-22(20)19-38)35-31-36-29-28(23(18-33-29)21-7-5-11-32-17-21)30(37-31)34-24-8-3-4-9-27(24)43(40,41)39-12-6-13-39/h3-5,7-9,11,15-18H,6,10,12-14,19H2,1-2H3,(H3,33,34,35,36,37). The minimum Gasteiger partial charge on any atom is -0.495 e. The molecule has 2 aromatic carbocycles. The van der Waals surface area contributed by atoms with Crippen molar-refractivity contribution in [3.8, 4) is 16.9 Å². The average Bonchev–Trinajstić information content (AvgIpc) is 3.41. The Morgan fingerprint density at radius 1 is 0.977 bits per heavy atom. The summed E-state index contributed by atoms with van der Waals surface area (Å²) >= 11 is 0. The van der Waals surface area contributed by atoms with Gasteiger partial charge in [0.25, 0.3) is 0 Å². The Labute approximate surface area is 250 Å². The van der Waals surface area contributed by atoms with Crippen LogP contribution in [-0.4, -0.2) is 71.4 Å². The predicted molar refractivity (Wildman–Crippen MR) is 167 cm³/mol. The van der Waals surface area contributed by atoms with Gasteiger partial charge in [-0.3, -0.25) is 4.98 Å². The molecule has 5 heterocycles. The van der Waals surface area contributed by atoms with Crippen LogP contribution in [0.3, 0.4) is 0 Å². The number of likely N-dealkylation sites (N-methyl/N-ethyl adjacent to an activating group) is 1. The monoisotopic (exact) mass is 596 g/mol. The summed E-state index contributed by atoms with van der Waals surface area (Å²) in [5.74, 6) is 1.49. The number of rotatable bonds is 8. The van der Waals surface area contributed by atoms with Gasteiger partial charge in [-0.2, -0.15) is 14.3 Å². The molecule has 0 saturated carbocycles. The normalized spacial score (nSPS) is 15.6. The fraction of sp³-hybridized carbons (Fsp3) is 0.258. The molecule has 2 aliphatic heterocycles. The van der Waals surface area contributed by atoms with Crippen LogP contribution in [0.2, 0.25) is 0 Å². The van der Waals surface area contributed by atoms with Gasteiger partial charge in [0.2, 0.25) is 16.0 Å². The SMILES string of the molecule is COc1cc2c(cc1Nc1nc(Nc3ccccc3S(=O)(=O)N3CCC3)c3c(-c4cccnc4)c[nH]c3n1)CN(C)CC2. The molecule has 2 aliphatic rings. The van der Waals surface area contributed by atoms with Crippen LogP contribution < -0.4 is 15.4 Å². The van der Waals surface area contributed by atoms with Crippen LogP contribution in [-0.2, 0) is 23.0 Å². The fourth-order valence-electron chi connectivity index (χ4n) is 5.63. The molecule has 0 atom stereocenters. The van der Waals surface area contributed by atoms with E-state index in [2.05, 4.69) is 44.7 Å². The van der Waals surface area contributed by atoms with E-state index in [4.69, 9.17) is 14.7 Å². The summed E-state index contributed by atoms with van der Waals surface area (Å²) in [6.07, 6.45) is 7.17. The van der Waals surface area contributed by atoms with E-state index in [9.17, 15) is 8.42 Å². The maximum Gasteiger partial charge on any atom is 0.245 e. The van der Waals surface area contributed by atoms with E-state index < -0.39 is 10.0 Å². The van der Waals surface area contributed by atoms with Gasteiger partial charge in [-0.25, -0.2) is 8.42 Å². The molecule has 0 radical (unpaired) electrons. The first kappa shape index (κ1) is 27.3. The van der Waals surface area contributed by atoms with E-state index in [1.807, 2.05) is 24.4 Å². The lowest BCUT2D eigenvalue weighted by Gasteiger charge is -2.30. The Morgan fingerprint density at radius 3 is 2.60 bits per heavy atom. The molecule has 3 N–H and O–H groups in total. The number of hydrogen-bond acceptors (Lipinski definition) is 9. The number of sulfonamides is 1. The second-order valence-electron chi connectivity index (χ2n) is 10.9. The zero-order valence-corrected chi connectivity index (χ0v) is 24.8. The zero-order chi connectivity index (χ0) is 29.6. The molecule has 0 aliphatic carbocycles. The summed E-state index contributed by atoms with van der Waals surface area (Å²) in [5.41, 5.74) is 5.98. The lowest BCUT2D eigenvalue weighted by Crippen LogP contribution is -2.42. The van der Waals surface area contributed by atoms with E-state index in [0.29, 0.717) is 47.3 Å². The number of aromatic nitrogens is 4. The molecular weight excluding hydrogens is 564 g/mol. The predicted octanol–water partition coefficient (Wildman–Crippen LogP) is 4.90. The van der Waals surface area contributed by atoms with Gasteiger partial charge in [-0.1, -0.05) is 18.2 Å². The molecule has 43 heavy (non-hydrogen) atoms. The molecule has 0 amide bonds. The summed E-state index contributed by atoms with van der Waals surface area (Å²) in [4.78, 5) is 19.8. The number of aromatic amines is 1. The van der Waals surface area contributed by atoms with Gasteiger partial charge >= 0.3 is 0 Å². The maximum atomic E-state index is 13.5. The Bertz CT molecular complexity index is 1920. The maximum absolute atomic E-state index is 13.5. The summed E-state index contributed by atoms with van der Waals surface area (Å²) in [6, 6.07) is 14.9. The first-order chi connectivity index (χ1) is 20.9. The topological polar surface area (TPSA) is 128 Å². The lowest BCUT2D eigenvalue weighted by atomic mass is 9.99. The van der Waals surface area contributed by atoms with Crippen molar-refractivity contribution in [2.45, 2.75) is 24.3 Å². The second-order valence-corrected chi connectivity index (χ2v) is 12.8. The number of para-hydroxylation sites is 1. The smallest absolute Gasteiger partial charge is 0.245 e. The van der Waals surface area contributed by atoms with Crippen molar-refractivity contribution in [1.29, 1.82) is 0 Å². The molecule has 12 heteroatoms. The lowest BCUT2D eigenvalue weighted by molar-refractivity contribution is 0.309. The molecule has 3 aromatic heterocycles. The number of hydrogen-bond donors (Lipinski definition) is 3. The highest BCUT2D eigenvalue weighted by Gasteiger charge is 2.31. The first-order valence-electron chi connectivity index (χ1n) is 14.2. The van der Waals surface area contributed by atoms with Crippen LogP contribution in [0.25, 0.3) is 22.2 Å². The number of benzene rings is 2. The highest BCUT2D eigenvalue weighted by atomic mass is 32.2. The second kappa shape index (κ2) is 11.0. The van der Waals surface area contributed by atoms with E-state index in [1.165, 1.54) is 15.4 Å². The van der Waals surface area contributed by atoms with Gasteiger partial charge < -0.3 is 25.3 Å². The van der Waals surface area contributed by atoms with Gasteiger partial charge in [0.1, 0.15) is 22.1 Å². The molecule has 1 saturated heterocycles. The van der Waals surface area contributed by atoms with Crippen LogP contribution in [0.1, 0.15) is 17.5 Å². The van der Waals surface area contributed by atoms with Gasteiger partial charge in [-0.15, -0.1) is 0 Å². The van der Waals surface area contributed by atoms with E-state index in [0.717, 1.165) is 42.7 Å². The van der Waals surface area contributed by atoms with E-state index in [-0.39, 0.29) is 4.90 Å². The molecule has 7 rings (SSSR count). The molecule has 0 spiro atoms. The van der Waals surface area contributed by atoms with Crippen LogP contribution in [0.15, 0.2) is 72.0 Å². The average molecular weight is 597 g/mol. The summed E-state index contributed by atoms with van der Waals surface area (Å²) in [5, 5.41) is 7.45. The summed E-state index contributed by atoms with van der Waals surface area (Å²) in [6.45, 7) is 2.88. The van der Waals surface area contributed by atoms with Gasteiger partial charge in [0.15, 0.2) is 0 Å². The number of nitrogens with one attached hydrogen (secondary N) is 3. The van der Waals surface area contributed by atoms with Crippen molar-refractivity contribution in [2.75, 3.05) is 44.4 Å². The molecule has 5 aromatic rings. The van der Waals surface area contributed by atoms with Crippen LogP contribution in [0, 0.1) is 0 Å². The number of methoxy groups -OCH3 is 1. The van der Waals surface area contributed by atoms with Crippen molar-refractivity contribution in [1.82, 2.24) is 29.1 Å². The summed E-state index contributed by atoms with van der Waals surface area (Å²) < 4.78 is 34.1. The molecular formula is C31H32N8O3S. The largest absolute Gasteiger partial charge is 0.495 e. The highest BCUT2D eigenvalue weighted by Crippen LogP contribution is 2.38. The Balaban J connectivity index is 1.34. The van der Waals surface area contributed by atoms with Crippen LogP contribution >= 0.6 is 0 Å². The Morgan fingerprint density at radius 2 is 1.84 bits per heavy atom. The third-order valence-corrected chi connectivity index (χ3v) is 10.0. The molecule has 0 unspecified atom stereocenters. The number of ether oxygens (including phenoxy) is 1. The zero-order valence-electron chi connectivity index (χ0n) is 24.0. The van der Waals surface area contributed by atoms with Crippen LogP contribution in [0.5, 0.6) is 5.75 Å². The Kier molecular flexibility index (Phi) is 6.96. The number of fused-ring (bicyclic) bond motifs is 2. The number of nitrogens with zero attached hydrogens (tertiary/aromatic N) is 5. The number of H-pyrrole nitrogens is 1. The fourth-order valence-corrected chi connectivity index (χ4v) is 7.30. The summed E-state index contributed by atoms with van der Waals surface area (Å²) in [7, 11) is 0.101. The third-order valence-electron chi connectivity index (χ3n) is 8.05. The van der Waals surface area contributed by atoms with Crippen molar-refractivity contribution >= 4 is 44.2 Å². The van der Waals surface area contributed by atoms with Crippen molar-refractivity contribution in [3.05, 3.63) is 78.2 Å². The quantitative estimate of drug-likeness (QED) is 0.229. The minimum absolute atomic E-state index is 0.204. The third kappa shape index (κ3) is 5.07. The molecule has 11 nitrogen and oxygen atoms in total. The van der Waals surface area contributed by atoms with Crippen molar-refractivity contribution in [2.24, 2.45) is 0 Å². The molecule has 1 fully saturated rings.